The van der Waals surface area contributed by atoms with E-state index in [0.29, 0.717) is 44.1 Å². The van der Waals surface area contributed by atoms with Gasteiger partial charge in [0.25, 0.3) is 0 Å². The third kappa shape index (κ3) is 6.17. The van der Waals surface area contributed by atoms with Crippen LogP contribution < -0.4 is 14.4 Å². The molecule has 0 radical (unpaired) electrons. The monoisotopic (exact) mass is 684 g/mol. The molecule has 11 nitrogen and oxygen atoms in total. The summed E-state index contributed by atoms with van der Waals surface area (Å²) < 4.78 is 37.9. The Kier molecular flexibility index (Phi) is 8.42. The van der Waals surface area contributed by atoms with E-state index >= 15 is 0 Å². The Labute approximate surface area is 291 Å². The fourth-order valence-electron chi connectivity index (χ4n) is 8.47. The second-order valence-electron chi connectivity index (χ2n) is 15.2. The van der Waals surface area contributed by atoms with E-state index in [1.807, 2.05) is 68.1 Å². The summed E-state index contributed by atoms with van der Waals surface area (Å²) in [6, 6.07) is 16.3. The first kappa shape index (κ1) is 32.9. The molecule has 2 aromatic heterocycles. The fourth-order valence-corrected chi connectivity index (χ4v) is 8.47. The molecular formula is C38H45FN6O5. The van der Waals surface area contributed by atoms with E-state index < -0.39 is 11.8 Å². The molecule has 0 N–H and O–H groups in total. The standard InChI is InChI=1S/C38H45FN6O5/c1-37(2,3)50-36(46)45-26-10-11-27(45)21-43(20-26)34-30-12-13-32(31-17-28(49-23-47-4)16-24-8-5-6-9-29(24)31)40-33(30)41-35(42-34)48-22-38-14-7-15-44(38)19-25(39)18-38/h5-6,8-9,12-13,16-17,25-27H,7,10-11,14-15,18-23H2,1-4H3/t25-,26-,27+,38+/m1/s1. The minimum Gasteiger partial charge on any atom is -0.468 e. The van der Waals surface area contributed by atoms with Gasteiger partial charge in [0.2, 0.25) is 0 Å². The third-order valence-corrected chi connectivity index (χ3v) is 10.6. The van der Waals surface area contributed by atoms with Crippen LogP contribution in [0.1, 0.15) is 52.9 Å². The lowest BCUT2D eigenvalue weighted by Gasteiger charge is -2.42. The molecule has 4 fully saturated rings. The Morgan fingerprint density at radius 3 is 2.56 bits per heavy atom. The molecule has 0 unspecified atom stereocenters. The summed E-state index contributed by atoms with van der Waals surface area (Å²) >= 11 is 0. The average molecular weight is 685 g/mol. The van der Waals surface area contributed by atoms with Gasteiger partial charge in [0.05, 0.1) is 28.7 Å². The van der Waals surface area contributed by atoms with Crippen molar-refractivity contribution in [2.45, 2.75) is 82.3 Å². The van der Waals surface area contributed by atoms with Crippen LogP contribution in [0.15, 0.2) is 48.5 Å². The predicted octanol–water partition coefficient (Wildman–Crippen LogP) is 6.37. The number of carbonyl (C=O) groups is 1. The number of amides is 1. The van der Waals surface area contributed by atoms with Gasteiger partial charge < -0.3 is 23.8 Å². The van der Waals surface area contributed by atoms with E-state index in [2.05, 4.69) is 15.9 Å². The summed E-state index contributed by atoms with van der Waals surface area (Å²) in [5.74, 6) is 1.40. The number of hydrogen-bond donors (Lipinski definition) is 0. The van der Waals surface area contributed by atoms with Gasteiger partial charge in [-0.25, -0.2) is 14.2 Å². The van der Waals surface area contributed by atoms with Gasteiger partial charge in [0.1, 0.15) is 29.9 Å². The quantitative estimate of drug-likeness (QED) is 0.195. The summed E-state index contributed by atoms with van der Waals surface area (Å²) in [6.07, 6.45) is 3.04. The second-order valence-corrected chi connectivity index (χ2v) is 15.2. The van der Waals surface area contributed by atoms with Gasteiger partial charge in [-0.15, -0.1) is 0 Å². The Morgan fingerprint density at radius 2 is 1.78 bits per heavy atom. The zero-order valence-corrected chi connectivity index (χ0v) is 29.2. The summed E-state index contributed by atoms with van der Waals surface area (Å²) in [7, 11) is 1.60. The van der Waals surface area contributed by atoms with Gasteiger partial charge in [-0.05, 0) is 88.0 Å². The minimum atomic E-state index is -0.855. The number of halogens is 1. The van der Waals surface area contributed by atoms with Gasteiger partial charge in [-0.3, -0.25) is 9.80 Å². The number of anilines is 1. The van der Waals surface area contributed by atoms with Crippen molar-refractivity contribution >= 4 is 33.7 Å². The summed E-state index contributed by atoms with van der Waals surface area (Å²) in [5, 5.41) is 2.85. The van der Waals surface area contributed by atoms with E-state index in [1.54, 1.807) is 7.11 Å². The number of pyridine rings is 1. The van der Waals surface area contributed by atoms with Crippen molar-refractivity contribution in [3.8, 4) is 23.0 Å². The van der Waals surface area contributed by atoms with Crippen LogP contribution in [-0.2, 0) is 9.47 Å². The van der Waals surface area contributed by atoms with E-state index in [9.17, 15) is 9.18 Å². The molecule has 2 bridgehead atoms. The number of hydrogen-bond acceptors (Lipinski definition) is 10. The molecule has 4 aromatic rings. The lowest BCUT2D eigenvalue weighted by atomic mass is 9.95. The number of piperazine rings is 1. The number of methoxy groups -OCH3 is 1. The average Bonchev–Trinajstić information content (AvgIpc) is 3.71. The Bertz CT molecular complexity index is 1910. The highest BCUT2D eigenvalue weighted by Gasteiger charge is 2.50. The molecule has 264 valence electrons. The molecule has 6 heterocycles. The first-order valence-electron chi connectivity index (χ1n) is 17.7. The van der Waals surface area contributed by atoms with Gasteiger partial charge in [-0.1, -0.05) is 24.3 Å². The van der Waals surface area contributed by atoms with Crippen molar-refractivity contribution in [3.05, 3.63) is 48.5 Å². The lowest BCUT2D eigenvalue weighted by molar-refractivity contribution is 0.0122. The number of aromatic nitrogens is 3. The molecule has 1 amide bonds. The first-order valence-corrected chi connectivity index (χ1v) is 17.7. The van der Waals surface area contributed by atoms with Crippen LogP contribution in [0.3, 0.4) is 0 Å². The van der Waals surface area contributed by atoms with E-state index in [0.717, 1.165) is 65.5 Å². The lowest BCUT2D eigenvalue weighted by Crippen LogP contribution is -2.57. The number of ether oxygens (including phenoxy) is 4. The largest absolute Gasteiger partial charge is 0.468 e. The number of nitrogens with zero attached hydrogens (tertiary/aromatic N) is 6. The maximum atomic E-state index is 14.6. The van der Waals surface area contributed by atoms with Crippen LogP contribution in [0.4, 0.5) is 15.0 Å². The van der Waals surface area contributed by atoms with Crippen molar-refractivity contribution in [3.63, 3.8) is 0 Å². The molecule has 4 atom stereocenters. The highest BCUT2D eigenvalue weighted by molar-refractivity contribution is 5.98. The molecule has 0 spiro atoms. The fraction of sp³-hybridized carbons (Fsp3) is 0.526. The molecule has 8 rings (SSSR count). The Morgan fingerprint density at radius 1 is 0.980 bits per heavy atom. The highest BCUT2D eigenvalue weighted by atomic mass is 19.1. The summed E-state index contributed by atoms with van der Waals surface area (Å²) in [6.45, 7) is 8.68. The van der Waals surface area contributed by atoms with Crippen molar-refractivity contribution in [2.24, 2.45) is 0 Å². The van der Waals surface area contributed by atoms with Gasteiger partial charge in [-0.2, -0.15) is 9.97 Å². The first-order chi connectivity index (χ1) is 24.1. The molecule has 2 aromatic carbocycles. The third-order valence-electron chi connectivity index (χ3n) is 10.6. The predicted molar refractivity (Wildman–Crippen MR) is 188 cm³/mol. The van der Waals surface area contributed by atoms with Crippen molar-refractivity contribution < 1.29 is 28.1 Å². The molecular weight excluding hydrogens is 639 g/mol. The van der Waals surface area contributed by atoms with Crippen LogP contribution >= 0.6 is 0 Å². The van der Waals surface area contributed by atoms with Crippen LogP contribution in [0.5, 0.6) is 11.8 Å². The van der Waals surface area contributed by atoms with Crippen LogP contribution in [0.2, 0.25) is 0 Å². The zero-order chi connectivity index (χ0) is 34.6. The summed E-state index contributed by atoms with van der Waals surface area (Å²) in [4.78, 5) is 34.6. The molecule has 0 aliphatic carbocycles. The Hall–Kier alpha value is -4.29. The molecule has 0 saturated carbocycles. The maximum Gasteiger partial charge on any atom is 0.410 e. The van der Waals surface area contributed by atoms with Gasteiger partial charge >= 0.3 is 12.1 Å². The van der Waals surface area contributed by atoms with Crippen molar-refractivity contribution in [1.82, 2.24) is 24.8 Å². The second kappa shape index (κ2) is 12.8. The number of carbonyl (C=O) groups excluding carboxylic acids is 1. The number of alkyl halides is 1. The van der Waals surface area contributed by atoms with Crippen molar-refractivity contribution in [1.29, 1.82) is 0 Å². The van der Waals surface area contributed by atoms with Crippen LogP contribution in [0, 0.1) is 0 Å². The summed E-state index contributed by atoms with van der Waals surface area (Å²) in [5.41, 5.74) is 1.24. The van der Waals surface area contributed by atoms with E-state index in [-0.39, 0.29) is 36.5 Å². The molecule has 50 heavy (non-hydrogen) atoms. The molecule has 4 aliphatic heterocycles. The van der Waals surface area contributed by atoms with Gasteiger partial charge in [0, 0.05) is 38.7 Å². The van der Waals surface area contributed by atoms with Crippen molar-refractivity contribution in [2.75, 3.05) is 51.6 Å². The normalized spacial score (nSPS) is 25.0. The van der Waals surface area contributed by atoms with Crippen LogP contribution in [0.25, 0.3) is 33.1 Å². The number of fused-ring (bicyclic) bond motifs is 5. The number of rotatable bonds is 8. The zero-order valence-electron chi connectivity index (χ0n) is 29.2. The topological polar surface area (TPSA) is 102 Å². The molecule has 12 heteroatoms. The maximum absolute atomic E-state index is 14.6. The SMILES string of the molecule is COCOc1cc(-c2ccc3c(N4C[C@H]5CC[C@@H](C4)N5C(=O)OC(C)(C)C)nc(OC[C@@]45CCCN4C[C@H](F)C5)nc3n2)c2ccccc2c1. The van der Waals surface area contributed by atoms with E-state index in [4.69, 9.17) is 33.9 Å². The van der Waals surface area contributed by atoms with Crippen LogP contribution in [-0.4, -0.2) is 107 Å². The highest BCUT2D eigenvalue weighted by Crippen LogP contribution is 2.41. The molecule has 4 aliphatic rings. The van der Waals surface area contributed by atoms with Gasteiger partial charge in [0.15, 0.2) is 12.4 Å². The Balaban J connectivity index is 1.17. The smallest absolute Gasteiger partial charge is 0.410 e. The minimum absolute atomic E-state index is 0.00247. The van der Waals surface area contributed by atoms with E-state index in [1.165, 1.54) is 0 Å². The number of benzene rings is 2. The molecule has 4 saturated heterocycles.